The van der Waals surface area contributed by atoms with Gasteiger partial charge in [-0.2, -0.15) is 0 Å². The maximum absolute atomic E-state index is 5.47. The Hall–Kier alpha value is -0.830. The smallest absolute Gasteiger partial charge is 0.163 e. The van der Waals surface area contributed by atoms with Crippen molar-refractivity contribution in [3.8, 4) is 0 Å². The summed E-state index contributed by atoms with van der Waals surface area (Å²) in [5.74, 6) is 0.679. The third-order valence-corrected chi connectivity index (χ3v) is 1.96. The molecule has 0 spiro atoms. The van der Waals surface area contributed by atoms with Crippen molar-refractivity contribution in [3.63, 3.8) is 0 Å². The van der Waals surface area contributed by atoms with Gasteiger partial charge in [0.15, 0.2) is 5.76 Å². The maximum Gasteiger partial charge on any atom is 0.163 e. The Kier molecular flexibility index (Phi) is 3.29. The highest BCUT2D eigenvalue weighted by atomic mass is 32.1. The van der Waals surface area contributed by atoms with Gasteiger partial charge in [0.25, 0.3) is 0 Å². The third kappa shape index (κ3) is 2.08. The van der Waals surface area contributed by atoms with Gasteiger partial charge < -0.3 is 10.2 Å². The molecule has 1 heterocycles. The average molecular weight is 183 g/mol. The number of thiocarbonyl (C=S) groups is 1. The van der Waals surface area contributed by atoms with Crippen molar-refractivity contribution in [1.29, 1.82) is 0 Å². The number of hydrogen-bond donors (Lipinski definition) is 1. The van der Waals surface area contributed by atoms with Gasteiger partial charge in [-0.3, -0.25) is 0 Å². The standard InChI is InChI=1S/C9H13NOS/c1-2-3-4-7-5-6-11-8(7)9(10)12/h5-6H,2-4H2,1H3,(H2,10,12). The fourth-order valence-corrected chi connectivity index (χ4v) is 1.30. The maximum atomic E-state index is 5.47. The first-order valence-electron chi connectivity index (χ1n) is 4.12. The van der Waals surface area contributed by atoms with Gasteiger partial charge in [-0.05, 0) is 18.9 Å². The molecule has 0 bridgehead atoms. The Morgan fingerprint density at radius 2 is 2.42 bits per heavy atom. The van der Waals surface area contributed by atoms with Crippen molar-refractivity contribution in [2.75, 3.05) is 0 Å². The number of rotatable bonds is 4. The van der Waals surface area contributed by atoms with Crippen LogP contribution in [0, 0.1) is 0 Å². The van der Waals surface area contributed by atoms with Crippen LogP contribution < -0.4 is 5.73 Å². The van der Waals surface area contributed by atoms with Crippen LogP contribution in [-0.4, -0.2) is 4.99 Å². The summed E-state index contributed by atoms with van der Waals surface area (Å²) in [6.45, 7) is 2.15. The second-order valence-electron chi connectivity index (χ2n) is 2.74. The van der Waals surface area contributed by atoms with Crippen LogP contribution in [0.1, 0.15) is 31.1 Å². The Bertz CT molecular complexity index is 267. The molecular weight excluding hydrogens is 170 g/mol. The third-order valence-electron chi connectivity index (χ3n) is 1.77. The molecule has 0 aliphatic rings. The van der Waals surface area contributed by atoms with E-state index in [-0.39, 0.29) is 0 Å². The van der Waals surface area contributed by atoms with E-state index >= 15 is 0 Å². The van der Waals surface area contributed by atoms with Crippen molar-refractivity contribution >= 4 is 17.2 Å². The lowest BCUT2D eigenvalue weighted by Crippen LogP contribution is -2.10. The first-order chi connectivity index (χ1) is 5.75. The fourth-order valence-electron chi connectivity index (χ4n) is 1.12. The zero-order valence-corrected chi connectivity index (χ0v) is 7.99. The number of furan rings is 1. The summed E-state index contributed by atoms with van der Waals surface area (Å²) in [5.41, 5.74) is 6.60. The molecule has 66 valence electrons. The minimum absolute atomic E-state index is 0.353. The summed E-state index contributed by atoms with van der Waals surface area (Å²) in [7, 11) is 0. The highest BCUT2D eigenvalue weighted by molar-refractivity contribution is 7.80. The lowest BCUT2D eigenvalue weighted by atomic mass is 10.1. The molecule has 1 aromatic rings. The predicted molar refractivity (Wildman–Crippen MR) is 53.2 cm³/mol. The Morgan fingerprint density at radius 3 is 3.00 bits per heavy atom. The van der Waals surface area contributed by atoms with Gasteiger partial charge >= 0.3 is 0 Å². The minimum Gasteiger partial charge on any atom is -0.462 e. The van der Waals surface area contributed by atoms with Crippen LogP contribution in [-0.2, 0) is 6.42 Å². The van der Waals surface area contributed by atoms with E-state index in [4.69, 9.17) is 22.4 Å². The SMILES string of the molecule is CCCCc1ccoc1C(N)=S. The molecule has 0 aromatic carbocycles. The van der Waals surface area contributed by atoms with E-state index in [0.29, 0.717) is 10.7 Å². The van der Waals surface area contributed by atoms with E-state index < -0.39 is 0 Å². The average Bonchev–Trinajstić information content (AvgIpc) is 2.48. The van der Waals surface area contributed by atoms with E-state index in [1.54, 1.807) is 6.26 Å². The highest BCUT2D eigenvalue weighted by Gasteiger charge is 2.07. The number of unbranched alkanes of at least 4 members (excludes halogenated alkanes) is 1. The van der Waals surface area contributed by atoms with Gasteiger partial charge in [0, 0.05) is 5.56 Å². The molecule has 0 fully saturated rings. The largest absolute Gasteiger partial charge is 0.462 e. The molecule has 2 N–H and O–H groups in total. The molecule has 1 aromatic heterocycles. The van der Waals surface area contributed by atoms with Crippen LogP contribution in [0.4, 0.5) is 0 Å². The molecular formula is C9H13NOS. The van der Waals surface area contributed by atoms with Gasteiger partial charge in [-0.15, -0.1) is 0 Å². The van der Waals surface area contributed by atoms with Crippen LogP contribution in [0.5, 0.6) is 0 Å². The monoisotopic (exact) mass is 183 g/mol. The fraction of sp³-hybridized carbons (Fsp3) is 0.444. The zero-order valence-electron chi connectivity index (χ0n) is 7.17. The Balaban J connectivity index is 2.70. The Morgan fingerprint density at radius 1 is 1.67 bits per heavy atom. The molecule has 0 aliphatic heterocycles. The van der Waals surface area contributed by atoms with Crippen LogP contribution in [0.25, 0.3) is 0 Å². The molecule has 0 aliphatic carbocycles. The summed E-state index contributed by atoms with van der Waals surface area (Å²) in [4.78, 5) is 0.353. The van der Waals surface area contributed by atoms with Crippen molar-refractivity contribution in [2.45, 2.75) is 26.2 Å². The molecule has 0 atom stereocenters. The summed E-state index contributed by atoms with van der Waals surface area (Å²) >= 11 is 4.84. The van der Waals surface area contributed by atoms with Crippen molar-refractivity contribution in [2.24, 2.45) is 5.73 Å². The first kappa shape index (κ1) is 9.26. The molecule has 0 unspecified atom stereocenters. The molecule has 1 rings (SSSR count). The Labute approximate surface area is 77.7 Å². The molecule has 2 nitrogen and oxygen atoms in total. The molecule has 3 heteroatoms. The van der Waals surface area contributed by atoms with E-state index in [1.165, 1.54) is 6.42 Å². The van der Waals surface area contributed by atoms with Crippen LogP contribution in [0.2, 0.25) is 0 Å². The molecule has 0 radical (unpaired) electrons. The second-order valence-corrected chi connectivity index (χ2v) is 3.18. The van der Waals surface area contributed by atoms with Crippen LogP contribution in [0.3, 0.4) is 0 Å². The molecule has 12 heavy (non-hydrogen) atoms. The van der Waals surface area contributed by atoms with E-state index in [0.717, 1.165) is 18.4 Å². The number of nitrogens with two attached hydrogens (primary N) is 1. The highest BCUT2D eigenvalue weighted by Crippen LogP contribution is 2.13. The van der Waals surface area contributed by atoms with Crippen molar-refractivity contribution < 1.29 is 4.42 Å². The summed E-state index contributed by atoms with van der Waals surface area (Å²) < 4.78 is 5.16. The van der Waals surface area contributed by atoms with Gasteiger partial charge in [0.1, 0.15) is 4.99 Å². The minimum atomic E-state index is 0.353. The zero-order chi connectivity index (χ0) is 8.97. The van der Waals surface area contributed by atoms with Gasteiger partial charge in [0.2, 0.25) is 0 Å². The quantitative estimate of drug-likeness (QED) is 0.728. The molecule has 0 saturated carbocycles. The predicted octanol–water partition coefficient (Wildman–Crippen LogP) is 2.26. The lowest BCUT2D eigenvalue weighted by molar-refractivity contribution is 0.553. The molecule has 0 saturated heterocycles. The first-order valence-corrected chi connectivity index (χ1v) is 4.52. The van der Waals surface area contributed by atoms with Crippen LogP contribution >= 0.6 is 12.2 Å². The number of aryl methyl sites for hydroxylation is 1. The van der Waals surface area contributed by atoms with E-state index in [2.05, 4.69) is 6.92 Å². The normalized spacial score (nSPS) is 10.1. The van der Waals surface area contributed by atoms with Crippen LogP contribution in [0.15, 0.2) is 16.7 Å². The van der Waals surface area contributed by atoms with E-state index in [1.807, 2.05) is 6.07 Å². The number of hydrogen-bond acceptors (Lipinski definition) is 2. The van der Waals surface area contributed by atoms with Crippen molar-refractivity contribution in [1.82, 2.24) is 0 Å². The lowest BCUT2D eigenvalue weighted by Gasteiger charge is -1.98. The summed E-state index contributed by atoms with van der Waals surface area (Å²) in [5, 5.41) is 0. The van der Waals surface area contributed by atoms with Gasteiger partial charge in [-0.25, -0.2) is 0 Å². The topological polar surface area (TPSA) is 39.2 Å². The summed E-state index contributed by atoms with van der Waals surface area (Å²) in [6.07, 6.45) is 4.95. The van der Waals surface area contributed by atoms with E-state index in [9.17, 15) is 0 Å². The van der Waals surface area contributed by atoms with Gasteiger partial charge in [0.05, 0.1) is 6.26 Å². The summed E-state index contributed by atoms with van der Waals surface area (Å²) in [6, 6.07) is 1.93. The van der Waals surface area contributed by atoms with Crippen molar-refractivity contribution in [3.05, 3.63) is 23.7 Å². The second kappa shape index (κ2) is 4.26. The van der Waals surface area contributed by atoms with Gasteiger partial charge in [-0.1, -0.05) is 25.6 Å². The molecule has 0 amide bonds.